The van der Waals surface area contributed by atoms with Crippen LogP contribution in [0.5, 0.6) is 0 Å². The number of nitro groups is 1. The Hall–Kier alpha value is -3.62. The Morgan fingerprint density at radius 1 is 1.13 bits per heavy atom. The molecule has 9 nitrogen and oxygen atoms in total. The molecule has 0 spiro atoms. The van der Waals surface area contributed by atoms with Crippen molar-refractivity contribution >= 4 is 34.7 Å². The van der Waals surface area contributed by atoms with E-state index in [2.05, 4.69) is 5.32 Å². The van der Waals surface area contributed by atoms with Crippen LogP contribution in [0.2, 0.25) is 0 Å². The standard InChI is InChI=1S/C21H22N4O5/c26-20(22-16-6-2-1-3-7-16)15-5-4-10-23(14-15)18-9-8-17(25(28)29)13-19(18)24-11-12-30-21(24)27/h1-3,6-9,13,15H,4-5,10-12,14H2,(H,22,26)/t15-/m1/s1. The quantitative estimate of drug-likeness (QED) is 0.598. The number of piperidine rings is 1. The van der Waals surface area contributed by atoms with Gasteiger partial charge in [0, 0.05) is 30.9 Å². The summed E-state index contributed by atoms with van der Waals surface area (Å²) in [4.78, 5) is 39.1. The molecule has 2 aromatic rings. The summed E-state index contributed by atoms with van der Waals surface area (Å²) in [5, 5.41) is 14.2. The second-order valence-corrected chi connectivity index (χ2v) is 7.34. The van der Waals surface area contributed by atoms with Gasteiger partial charge in [0.05, 0.1) is 28.8 Å². The predicted octanol–water partition coefficient (Wildman–Crippen LogP) is 3.41. The molecular formula is C21H22N4O5. The Balaban J connectivity index is 1.57. The average Bonchev–Trinajstić information content (AvgIpc) is 3.19. The Morgan fingerprint density at radius 2 is 1.93 bits per heavy atom. The minimum atomic E-state index is -0.521. The van der Waals surface area contributed by atoms with Crippen LogP contribution in [0.1, 0.15) is 12.8 Å². The number of nitrogens with zero attached hydrogens (tertiary/aromatic N) is 3. The highest BCUT2D eigenvalue weighted by Gasteiger charge is 2.32. The minimum Gasteiger partial charge on any atom is -0.447 e. The molecule has 2 aliphatic heterocycles. The summed E-state index contributed by atoms with van der Waals surface area (Å²) in [7, 11) is 0. The van der Waals surface area contributed by atoms with Crippen molar-refractivity contribution in [2.75, 3.05) is 41.4 Å². The van der Waals surface area contributed by atoms with Crippen LogP contribution in [-0.2, 0) is 9.53 Å². The molecule has 4 rings (SSSR count). The zero-order valence-electron chi connectivity index (χ0n) is 16.3. The first-order valence-corrected chi connectivity index (χ1v) is 9.86. The van der Waals surface area contributed by atoms with E-state index in [-0.39, 0.29) is 24.1 Å². The molecule has 0 bridgehead atoms. The molecule has 156 valence electrons. The van der Waals surface area contributed by atoms with Crippen molar-refractivity contribution in [2.24, 2.45) is 5.92 Å². The van der Waals surface area contributed by atoms with E-state index >= 15 is 0 Å². The second-order valence-electron chi connectivity index (χ2n) is 7.34. The van der Waals surface area contributed by atoms with Crippen molar-refractivity contribution in [1.82, 2.24) is 0 Å². The molecule has 2 saturated heterocycles. The number of para-hydroxylation sites is 1. The highest BCUT2D eigenvalue weighted by molar-refractivity contribution is 5.95. The third kappa shape index (κ3) is 4.05. The number of hydrogen-bond donors (Lipinski definition) is 1. The van der Waals surface area contributed by atoms with Crippen LogP contribution in [0.3, 0.4) is 0 Å². The fourth-order valence-electron chi connectivity index (χ4n) is 3.90. The largest absolute Gasteiger partial charge is 0.447 e. The van der Waals surface area contributed by atoms with Gasteiger partial charge in [0.15, 0.2) is 0 Å². The topological polar surface area (TPSA) is 105 Å². The molecule has 30 heavy (non-hydrogen) atoms. The van der Waals surface area contributed by atoms with Gasteiger partial charge in [-0.2, -0.15) is 0 Å². The summed E-state index contributed by atoms with van der Waals surface area (Å²) < 4.78 is 5.02. The van der Waals surface area contributed by atoms with E-state index in [0.717, 1.165) is 18.5 Å². The van der Waals surface area contributed by atoms with Crippen molar-refractivity contribution in [1.29, 1.82) is 0 Å². The SMILES string of the molecule is O=C(Nc1ccccc1)[C@@H]1CCCN(c2ccc([N+](=O)[O-])cc2N2CCOC2=O)C1. The number of anilines is 3. The summed E-state index contributed by atoms with van der Waals surface area (Å²) >= 11 is 0. The molecule has 2 aromatic carbocycles. The number of benzene rings is 2. The predicted molar refractivity (Wildman–Crippen MR) is 112 cm³/mol. The molecule has 0 aliphatic carbocycles. The summed E-state index contributed by atoms with van der Waals surface area (Å²) in [6, 6.07) is 13.8. The monoisotopic (exact) mass is 410 g/mol. The van der Waals surface area contributed by atoms with Gasteiger partial charge in [-0.1, -0.05) is 18.2 Å². The van der Waals surface area contributed by atoms with E-state index in [0.29, 0.717) is 31.0 Å². The summed E-state index contributed by atoms with van der Waals surface area (Å²) in [6.07, 6.45) is 1.03. The number of nitro benzene ring substituents is 1. The molecule has 0 saturated carbocycles. The third-order valence-corrected chi connectivity index (χ3v) is 5.40. The number of rotatable bonds is 5. The Morgan fingerprint density at radius 3 is 2.63 bits per heavy atom. The number of non-ortho nitro benzene ring substituents is 1. The number of hydrogen-bond acceptors (Lipinski definition) is 6. The van der Waals surface area contributed by atoms with Gasteiger partial charge in [0.25, 0.3) is 5.69 Å². The Bertz CT molecular complexity index is 965. The van der Waals surface area contributed by atoms with Crippen molar-refractivity contribution in [3.63, 3.8) is 0 Å². The van der Waals surface area contributed by atoms with Gasteiger partial charge >= 0.3 is 6.09 Å². The number of carbonyl (C=O) groups is 2. The second kappa shape index (κ2) is 8.40. The van der Waals surface area contributed by atoms with Gasteiger partial charge in [-0.25, -0.2) is 4.79 Å². The van der Waals surface area contributed by atoms with Crippen LogP contribution >= 0.6 is 0 Å². The Kier molecular flexibility index (Phi) is 5.51. The molecule has 0 aromatic heterocycles. The summed E-state index contributed by atoms with van der Waals surface area (Å²) in [5.41, 5.74) is 1.78. The van der Waals surface area contributed by atoms with Crippen LogP contribution in [0.25, 0.3) is 0 Å². The van der Waals surface area contributed by atoms with Crippen molar-refractivity contribution in [3.05, 3.63) is 58.6 Å². The molecule has 1 N–H and O–H groups in total. The van der Waals surface area contributed by atoms with Crippen LogP contribution in [0.4, 0.5) is 27.5 Å². The van der Waals surface area contributed by atoms with E-state index in [1.165, 1.54) is 17.0 Å². The number of cyclic esters (lactones) is 1. The smallest absolute Gasteiger partial charge is 0.414 e. The molecule has 1 atom stereocenters. The molecule has 0 unspecified atom stereocenters. The van der Waals surface area contributed by atoms with Crippen LogP contribution in [0, 0.1) is 16.0 Å². The fraction of sp³-hybridized carbons (Fsp3) is 0.333. The summed E-state index contributed by atoms with van der Waals surface area (Å²) in [6.45, 7) is 1.73. The van der Waals surface area contributed by atoms with Crippen LogP contribution < -0.4 is 15.1 Å². The molecule has 2 heterocycles. The molecule has 2 fully saturated rings. The zero-order valence-corrected chi connectivity index (χ0v) is 16.3. The van der Waals surface area contributed by atoms with Gasteiger partial charge in [0.1, 0.15) is 6.61 Å². The molecule has 2 amide bonds. The first-order valence-electron chi connectivity index (χ1n) is 9.86. The molecule has 9 heteroatoms. The van der Waals surface area contributed by atoms with Crippen molar-refractivity contribution in [3.8, 4) is 0 Å². The number of nitrogens with one attached hydrogen (secondary N) is 1. The molecule has 0 radical (unpaired) electrons. The van der Waals surface area contributed by atoms with E-state index in [1.54, 1.807) is 6.07 Å². The van der Waals surface area contributed by atoms with Crippen molar-refractivity contribution in [2.45, 2.75) is 12.8 Å². The lowest BCUT2D eigenvalue weighted by molar-refractivity contribution is -0.384. The van der Waals surface area contributed by atoms with Gasteiger partial charge in [-0.15, -0.1) is 0 Å². The molecular weight excluding hydrogens is 388 g/mol. The lowest BCUT2D eigenvalue weighted by Crippen LogP contribution is -2.41. The fourth-order valence-corrected chi connectivity index (χ4v) is 3.90. The molecule has 2 aliphatic rings. The van der Waals surface area contributed by atoms with Crippen LogP contribution in [-0.4, -0.2) is 43.2 Å². The number of ether oxygens (including phenoxy) is 1. The first kappa shape index (κ1) is 19.7. The minimum absolute atomic E-state index is 0.0602. The van der Waals surface area contributed by atoms with Gasteiger partial charge < -0.3 is 15.0 Å². The van der Waals surface area contributed by atoms with E-state index in [9.17, 15) is 19.7 Å². The van der Waals surface area contributed by atoms with E-state index < -0.39 is 11.0 Å². The lowest BCUT2D eigenvalue weighted by atomic mass is 9.96. The normalized spacial score (nSPS) is 18.8. The maximum Gasteiger partial charge on any atom is 0.414 e. The maximum atomic E-state index is 12.8. The maximum absolute atomic E-state index is 12.8. The van der Waals surface area contributed by atoms with Gasteiger partial charge in [-0.05, 0) is 31.0 Å². The van der Waals surface area contributed by atoms with E-state index in [4.69, 9.17) is 4.74 Å². The lowest BCUT2D eigenvalue weighted by Gasteiger charge is -2.35. The zero-order chi connectivity index (χ0) is 21.1. The Labute approximate surface area is 173 Å². The van der Waals surface area contributed by atoms with Gasteiger partial charge in [-0.3, -0.25) is 19.8 Å². The highest BCUT2D eigenvalue weighted by Crippen LogP contribution is 2.37. The average molecular weight is 410 g/mol. The number of carbonyl (C=O) groups excluding carboxylic acids is 2. The third-order valence-electron chi connectivity index (χ3n) is 5.40. The van der Waals surface area contributed by atoms with E-state index in [1.807, 2.05) is 35.2 Å². The van der Waals surface area contributed by atoms with Gasteiger partial charge in [0.2, 0.25) is 5.91 Å². The first-order chi connectivity index (χ1) is 14.5. The van der Waals surface area contributed by atoms with Crippen LogP contribution in [0.15, 0.2) is 48.5 Å². The summed E-state index contributed by atoms with van der Waals surface area (Å²) in [5.74, 6) is -0.289. The highest BCUT2D eigenvalue weighted by atomic mass is 16.6. The van der Waals surface area contributed by atoms with Crippen molar-refractivity contribution < 1.29 is 19.2 Å². The number of amides is 2.